The van der Waals surface area contributed by atoms with Gasteiger partial charge in [0.25, 0.3) is 0 Å². The Morgan fingerprint density at radius 1 is 1.11 bits per heavy atom. The Kier molecular flexibility index (Phi) is 3.80. The lowest BCUT2D eigenvalue weighted by atomic mass is 10.1. The second kappa shape index (κ2) is 5.72. The van der Waals surface area contributed by atoms with Crippen molar-refractivity contribution in [1.29, 1.82) is 0 Å². The summed E-state index contributed by atoms with van der Waals surface area (Å²) < 4.78 is 5.40. The van der Waals surface area contributed by atoms with Gasteiger partial charge in [0, 0.05) is 24.0 Å². The third kappa shape index (κ3) is 2.80. The number of halogens is 1. The summed E-state index contributed by atoms with van der Waals surface area (Å²) in [4.78, 5) is 10.7. The maximum atomic E-state index is 6.15. The molecule has 1 aromatic heterocycles. The average molecular weight is 278 g/mol. The zero-order valence-electron chi connectivity index (χ0n) is 10.7. The molecule has 0 aromatic carbocycles. The fraction of sp³-hybridized carbons (Fsp3) is 0.429. The zero-order chi connectivity index (χ0) is 13.1. The molecule has 19 heavy (non-hydrogen) atoms. The van der Waals surface area contributed by atoms with Crippen molar-refractivity contribution in [2.24, 2.45) is 0 Å². The van der Waals surface area contributed by atoms with Crippen molar-refractivity contribution >= 4 is 23.8 Å². The van der Waals surface area contributed by atoms with Gasteiger partial charge in [-0.2, -0.15) is 0 Å². The number of fused-ring (bicyclic) bond motifs is 1. The average Bonchev–Trinajstić information content (AvgIpc) is 2.41. The summed E-state index contributed by atoms with van der Waals surface area (Å²) in [7, 11) is 0. The highest BCUT2D eigenvalue weighted by atomic mass is 35.5. The zero-order valence-corrected chi connectivity index (χ0v) is 11.4. The Morgan fingerprint density at radius 2 is 1.89 bits per heavy atom. The molecule has 2 aliphatic rings. The van der Waals surface area contributed by atoms with E-state index in [1.54, 1.807) is 0 Å². The van der Waals surface area contributed by atoms with Crippen LogP contribution < -0.4 is 10.6 Å². The molecular formula is C14H16ClN3O. The topological polar surface area (TPSA) is 38.2 Å². The first-order chi connectivity index (χ1) is 9.34. The van der Waals surface area contributed by atoms with Gasteiger partial charge < -0.3 is 9.64 Å². The monoisotopic (exact) mass is 277 g/mol. The van der Waals surface area contributed by atoms with Crippen LogP contribution in [0.3, 0.4) is 0 Å². The van der Waals surface area contributed by atoms with E-state index in [1.807, 2.05) is 0 Å². The Morgan fingerprint density at radius 3 is 2.74 bits per heavy atom. The molecule has 0 amide bonds. The van der Waals surface area contributed by atoms with Crippen molar-refractivity contribution in [2.45, 2.75) is 12.8 Å². The van der Waals surface area contributed by atoms with E-state index in [4.69, 9.17) is 16.3 Å². The summed E-state index contributed by atoms with van der Waals surface area (Å²) in [6.07, 6.45) is 9.96. The predicted molar refractivity (Wildman–Crippen MR) is 74.9 cm³/mol. The molecule has 100 valence electrons. The molecule has 0 bridgehead atoms. The maximum Gasteiger partial charge on any atom is 0.139 e. The van der Waals surface area contributed by atoms with E-state index >= 15 is 0 Å². The largest absolute Gasteiger partial charge is 0.378 e. The van der Waals surface area contributed by atoms with Gasteiger partial charge in [0.2, 0.25) is 0 Å². The minimum Gasteiger partial charge on any atom is -0.378 e. The molecule has 2 heterocycles. The van der Waals surface area contributed by atoms with E-state index in [0.717, 1.165) is 49.7 Å². The number of aromatic nitrogens is 2. The molecule has 0 radical (unpaired) electrons. The van der Waals surface area contributed by atoms with Crippen LogP contribution in [0.15, 0.2) is 18.1 Å². The first-order valence-electron chi connectivity index (χ1n) is 6.56. The molecule has 0 unspecified atom stereocenters. The van der Waals surface area contributed by atoms with Crippen LogP contribution in [0.25, 0.3) is 12.2 Å². The third-order valence-corrected chi connectivity index (χ3v) is 3.70. The van der Waals surface area contributed by atoms with Gasteiger partial charge >= 0.3 is 0 Å². The van der Waals surface area contributed by atoms with Gasteiger partial charge in [-0.25, -0.2) is 9.97 Å². The molecule has 4 nitrogen and oxygen atoms in total. The number of allylic oxidation sites excluding steroid dienone is 2. The lowest BCUT2D eigenvalue weighted by Gasteiger charge is -2.30. The Labute approximate surface area is 117 Å². The van der Waals surface area contributed by atoms with Crippen LogP contribution in [0.5, 0.6) is 0 Å². The van der Waals surface area contributed by atoms with Gasteiger partial charge in [0.05, 0.1) is 18.6 Å². The first-order valence-corrected chi connectivity index (χ1v) is 6.94. The second-order valence-corrected chi connectivity index (χ2v) is 4.98. The van der Waals surface area contributed by atoms with Crippen LogP contribution in [0, 0.1) is 0 Å². The molecule has 1 fully saturated rings. The van der Waals surface area contributed by atoms with Crippen LogP contribution in [-0.2, 0) is 4.74 Å². The van der Waals surface area contributed by atoms with Gasteiger partial charge in [0.1, 0.15) is 11.5 Å². The molecule has 1 aliphatic heterocycles. The lowest BCUT2D eigenvalue weighted by Crippen LogP contribution is -2.37. The lowest BCUT2D eigenvalue weighted by molar-refractivity contribution is 0.0561. The van der Waals surface area contributed by atoms with Crippen molar-refractivity contribution < 1.29 is 4.74 Å². The highest BCUT2D eigenvalue weighted by Crippen LogP contribution is 2.12. The van der Waals surface area contributed by atoms with Crippen molar-refractivity contribution in [3.05, 3.63) is 33.8 Å². The number of rotatable bonds is 1. The van der Waals surface area contributed by atoms with Crippen molar-refractivity contribution in [1.82, 2.24) is 14.9 Å². The van der Waals surface area contributed by atoms with Crippen LogP contribution in [-0.4, -0.2) is 41.2 Å². The molecule has 1 saturated heterocycles. The third-order valence-electron chi connectivity index (χ3n) is 3.40. The van der Waals surface area contributed by atoms with E-state index < -0.39 is 0 Å². The van der Waals surface area contributed by atoms with E-state index in [2.05, 4.69) is 33.1 Å². The van der Waals surface area contributed by atoms with Crippen molar-refractivity contribution in [2.75, 3.05) is 26.3 Å². The SMILES string of the molecule is Clc1ncnc2c1=CCCC=C(N1CCOCC1)C=2. The number of nitrogens with zero attached hydrogens (tertiary/aromatic N) is 3. The summed E-state index contributed by atoms with van der Waals surface area (Å²) in [6, 6.07) is 0. The van der Waals surface area contributed by atoms with Gasteiger partial charge in [-0.05, 0) is 18.9 Å². The summed E-state index contributed by atoms with van der Waals surface area (Å²) >= 11 is 6.15. The van der Waals surface area contributed by atoms with Gasteiger partial charge in [-0.3, -0.25) is 0 Å². The molecule has 0 saturated carbocycles. The van der Waals surface area contributed by atoms with E-state index in [1.165, 1.54) is 12.0 Å². The fourth-order valence-electron chi connectivity index (χ4n) is 2.39. The van der Waals surface area contributed by atoms with Crippen molar-refractivity contribution in [3.63, 3.8) is 0 Å². The van der Waals surface area contributed by atoms with Gasteiger partial charge in [-0.15, -0.1) is 0 Å². The summed E-state index contributed by atoms with van der Waals surface area (Å²) in [6.45, 7) is 3.43. The van der Waals surface area contributed by atoms with Crippen molar-refractivity contribution in [3.8, 4) is 0 Å². The quantitative estimate of drug-likeness (QED) is 0.709. The number of ether oxygens (including phenoxy) is 1. The molecule has 0 atom stereocenters. The molecular weight excluding hydrogens is 262 g/mol. The van der Waals surface area contributed by atoms with Crippen LogP contribution >= 0.6 is 11.6 Å². The normalized spacial score (nSPS) is 19.4. The van der Waals surface area contributed by atoms with Gasteiger partial charge in [0.15, 0.2) is 0 Å². The standard InChI is InChI=1S/C14H16ClN3O/c15-14-12-4-2-1-3-11(9-13(12)16-10-17-14)18-5-7-19-8-6-18/h3-4,9-10H,1-2,5-8H2. The minimum absolute atomic E-state index is 0.532. The number of hydrogen-bond acceptors (Lipinski definition) is 4. The Hall–Kier alpha value is -1.39. The molecule has 0 N–H and O–H groups in total. The first kappa shape index (κ1) is 12.6. The molecule has 0 spiro atoms. The molecule has 5 heteroatoms. The predicted octanol–water partition coefficient (Wildman–Crippen LogP) is 0.701. The highest BCUT2D eigenvalue weighted by molar-refractivity contribution is 6.29. The smallest absolute Gasteiger partial charge is 0.139 e. The second-order valence-electron chi connectivity index (χ2n) is 4.62. The van der Waals surface area contributed by atoms with Crippen LogP contribution in [0.2, 0.25) is 5.15 Å². The van der Waals surface area contributed by atoms with Crippen LogP contribution in [0.4, 0.5) is 0 Å². The summed E-state index contributed by atoms with van der Waals surface area (Å²) in [5.74, 6) is 0. The molecule has 3 rings (SSSR count). The fourth-order valence-corrected chi connectivity index (χ4v) is 2.61. The summed E-state index contributed by atoms with van der Waals surface area (Å²) in [5, 5.41) is 2.38. The molecule has 1 aromatic rings. The number of morpholine rings is 1. The van der Waals surface area contributed by atoms with Crippen LogP contribution in [0.1, 0.15) is 12.8 Å². The van der Waals surface area contributed by atoms with E-state index in [9.17, 15) is 0 Å². The summed E-state index contributed by atoms with van der Waals surface area (Å²) in [5.41, 5.74) is 1.22. The van der Waals surface area contributed by atoms with E-state index in [-0.39, 0.29) is 0 Å². The van der Waals surface area contributed by atoms with E-state index in [0.29, 0.717) is 5.15 Å². The Bertz CT molecular complexity index is 606. The van der Waals surface area contributed by atoms with Gasteiger partial charge in [-0.1, -0.05) is 23.8 Å². The highest BCUT2D eigenvalue weighted by Gasteiger charge is 2.12. The minimum atomic E-state index is 0.532. The maximum absolute atomic E-state index is 6.15. The molecule has 1 aliphatic carbocycles. The number of hydrogen-bond donors (Lipinski definition) is 0. The Balaban J connectivity index is 2.04.